The molecule has 0 spiro atoms. The summed E-state index contributed by atoms with van der Waals surface area (Å²) in [5.41, 5.74) is 2.85. The molecule has 1 fully saturated rings. The maximum atomic E-state index is 2.65. The Bertz CT molecular complexity index is 1060. The van der Waals surface area contributed by atoms with E-state index in [1.54, 1.807) is 0 Å². The van der Waals surface area contributed by atoms with Crippen LogP contribution >= 0.6 is 0 Å². The van der Waals surface area contributed by atoms with Gasteiger partial charge >= 0.3 is 0 Å². The summed E-state index contributed by atoms with van der Waals surface area (Å²) in [7, 11) is 0. The van der Waals surface area contributed by atoms with E-state index >= 15 is 0 Å². The van der Waals surface area contributed by atoms with Crippen molar-refractivity contribution in [1.82, 2.24) is 9.47 Å². The third kappa shape index (κ3) is 3.38. The van der Waals surface area contributed by atoms with Crippen molar-refractivity contribution in [3.63, 3.8) is 0 Å². The number of likely N-dealkylation sites (tertiary alicyclic amines) is 1. The van der Waals surface area contributed by atoms with Gasteiger partial charge in [0.2, 0.25) is 0 Å². The summed E-state index contributed by atoms with van der Waals surface area (Å²) in [6.45, 7) is 4.75. The zero-order chi connectivity index (χ0) is 18.1. The molecule has 0 amide bonds. The summed E-state index contributed by atoms with van der Waals surface area (Å²) < 4.78 is 2.44. The minimum atomic E-state index is 0.758. The summed E-state index contributed by atoms with van der Waals surface area (Å²) in [4.78, 5) is 2.65. The molecule has 2 heterocycles. The molecule has 0 aliphatic carbocycles. The molecule has 4 aromatic rings. The van der Waals surface area contributed by atoms with Gasteiger partial charge in [0.25, 0.3) is 0 Å². The first-order valence-corrected chi connectivity index (χ1v) is 10.1. The molecule has 2 heteroatoms. The summed E-state index contributed by atoms with van der Waals surface area (Å²) in [5, 5.41) is 4.12. The van der Waals surface area contributed by atoms with Gasteiger partial charge < -0.3 is 9.47 Å². The molecule has 5 rings (SSSR count). The van der Waals surface area contributed by atoms with Crippen molar-refractivity contribution in [2.45, 2.75) is 19.4 Å². The number of benzene rings is 3. The molecule has 27 heavy (non-hydrogen) atoms. The van der Waals surface area contributed by atoms with Crippen molar-refractivity contribution in [3.8, 4) is 0 Å². The van der Waals surface area contributed by atoms with Gasteiger partial charge in [-0.05, 0) is 59.2 Å². The van der Waals surface area contributed by atoms with Crippen LogP contribution in [-0.4, -0.2) is 29.1 Å². The number of aromatic nitrogens is 1. The Kier molecular flexibility index (Phi) is 4.43. The van der Waals surface area contributed by atoms with Gasteiger partial charge in [-0.15, -0.1) is 0 Å². The number of nitrogens with zero attached hydrogens (tertiary/aromatic N) is 2. The van der Waals surface area contributed by atoms with Gasteiger partial charge in [-0.2, -0.15) is 0 Å². The van der Waals surface area contributed by atoms with Crippen LogP contribution in [0.2, 0.25) is 0 Å². The smallest absolute Gasteiger partial charge is 0.0480 e. The van der Waals surface area contributed by atoms with E-state index in [9.17, 15) is 0 Å². The predicted octanol–water partition coefficient (Wildman–Crippen LogP) is 5.36. The van der Waals surface area contributed by atoms with E-state index in [1.807, 2.05) is 0 Å². The zero-order valence-corrected chi connectivity index (χ0v) is 15.7. The standard InChI is InChI=1S/C25H26N2/c1-3-10-24-21(6-1)8-5-9-22(24)13-16-26-15-12-20(18-26)19-27-17-14-23-7-2-4-11-25(23)27/h1-11,14,17,20H,12-13,15-16,18-19H2. The maximum absolute atomic E-state index is 2.65. The molecule has 136 valence electrons. The average molecular weight is 354 g/mol. The third-order valence-corrected chi connectivity index (χ3v) is 6.08. The first-order chi connectivity index (χ1) is 13.4. The van der Waals surface area contributed by atoms with Crippen LogP contribution in [-0.2, 0) is 13.0 Å². The van der Waals surface area contributed by atoms with E-state index in [1.165, 1.54) is 46.7 Å². The van der Waals surface area contributed by atoms with Crippen LogP contribution in [0.5, 0.6) is 0 Å². The van der Waals surface area contributed by atoms with Gasteiger partial charge in [0.05, 0.1) is 0 Å². The summed E-state index contributed by atoms with van der Waals surface area (Å²) in [6.07, 6.45) is 4.70. The highest BCUT2D eigenvalue weighted by Gasteiger charge is 2.22. The molecule has 2 nitrogen and oxygen atoms in total. The topological polar surface area (TPSA) is 8.17 Å². The van der Waals surface area contributed by atoms with Crippen molar-refractivity contribution in [3.05, 3.63) is 84.6 Å². The minimum absolute atomic E-state index is 0.758. The van der Waals surface area contributed by atoms with Gasteiger partial charge in [-0.3, -0.25) is 0 Å². The molecule has 3 aromatic carbocycles. The van der Waals surface area contributed by atoms with Crippen molar-refractivity contribution in [2.24, 2.45) is 5.92 Å². The van der Waals surface area contributed by atoms with Crippen molar-refractivity contribution in [2.75, 3.05) is 19.6 Å². The summed E-state index contributed by atoms with van der Waals surface area (Å²) in [6, 6.07) is 26.4. The molecule has 0 bridgehead atoms. The van der Waals surface area contributed by atoms with Crippen molar-refractivity contribution < 1.29 is 0 Å². The van der Waals surface area contributed by atoms with Gasteiger partial charge in [-0.1, -0.05) is 60.7 Å². The lowest BCUT2D eigenvalue weighted by atomic mass is 10.0. The SMILES string of the molecule is c1ccc2c(CCN3CCC(Cn4ccc5ccccc54)C3)cccc2c1. The Hall–Kier alpha value is -2.58. The number of fused-ring (bicyclic) bond motifs is 2. The zero-order valence-electron chi connectivity index (χ0n) is 15.7. The highest BCUT2D eigenvalue weighted by atomic mass is 15.1. The van der Waals surface area contributed by atoms with Gasteiger partial charge in [0.15, 0.2) is 0 Å². The monoisotopic (exact) mass is 354 g/mol. The first-order valence-electron chi connectivity index (χ1n) is 10.1. The van der Waals surface area contributed by atoms with E-state index in [0.717, 1.165) is 25.4 Å². The quantitative estimate of drug-likeness (QED) is 0.468. The fraction of sp³-hybridized carbons (Fsp3) is 0.280. The minimum Gasteiger partial charge on any atom is -0.347 e. The molecule has 1 saturated heterocycles. The van der Waals surface area contributed by atoms with Crippen LogP contribution in [0.25, 0.3) is 21.7 Å². The molecule has 1 aliphatic rings. The van der Waals surface area contributed by atoms with Crippen LogP contribution in [0.4, 0.5) is 0 Å². The lowest BCUT2D eigenvalue weighted by Gasteiger charge is -2.17. The van der Waals surface area contributed by atoms with Crippen LogP contribution in [0.1, 0.15) is 12.0 Å². The maximum Gasteiger partial charge on any atom is 0.0480 e. The van der Waals surface area contributed by atoms with Gasteiger partial charge in [0.1, 0.15) is 0 Å². The second-order valence-electron chi connectivity index (χ2n) is 7.87. The van der Waals surface area contributed by atoms with Crippen LogP contribution in [0.3, 0.4) is 0 Å². The first kappa shape index (κ1) is 16.6. The fourth-order valence-electron chi connectivity index (χ4n) is 4.63. The average Bonchev–Trinajstić information content (AvgIpc) is 3.34. The Labute approximate surface area is 161 Å². The molecule has 0 N–H and O–H groups in total. The van der Waals surface area contributed by atoms with E-state index in [4.69, 9.17) is 0 Å². The highest BCUT2D eigenvalue weighted by molar-refractivity contribution is 5.85. The van der Waals surface area contributed by atoms with Gasteiger partial charge in [-0.25, -0.2) is 0 Å². The molecule has 1 atom stereocenters. The lowest BCUT2D eigenvalue weighted by molar-refractivity contribution is 0.321. The Morgan fingerprint density at radius 1 is 0.815 bits per heavy atom. The number of hydrogen-bond acceptors (Lipinski definition) is 1. The number of para-hydroxylation sites is 1. The highest BCUT2D eigenvalue weighted by Crippen LogP contribution is 2.24. The van der Waals surface area contributed by atoms with E-state index in [0.29, 0.717) is 0 Å². The Morgan fingerprint density at radius 3 is 2.59 bits per heavy atom. The summed E-state index contributed by atoms with van der Waals surface area (Å²) >= 11 is 0. The largest absolute Gasteiger partial charge is 0.347 e. The van der Waals surface area contributed by atoms with Crippen LogP contribution in [0.15, 0.2) is 79.0 Å². The van der Waals surface area contributed by atoms with Crippen LogP contribution in [0, 0.1) is 5.92 Å². The van der Waals surface area contributed by atoms with Gasteiger partial charge in [0, 0.05) is 31.3 Å². The second-order valence-corrected chi connectivity index (χ2v) is 7.87. The predicted molar refractivity (Wildman–Crippen MR) is 114 cm³/mol. The molecule has 1 aliphatic heterocycles. The summed E-state index contributed by atoms with van der Waals surface area (Å²) in [5.74, 6) is 0.758. The van der Waals surface area contributed by atoms with Crippen LogP contribution < -0.4 is 0 Å². The molecule has 1 aromatic heterocycles. The number of rotatable bonds is 5. The number of hydrogen-bond donors (Lipinski definition) is 0. The second kappa shape index (κ2) is 7.21. The molecule has 0 saturated carbocycles. The third-order valence-electron chi connectivity index (χ3n) is 6.08. The van der Waals surface area contributed by atoms with E-state index < -0.39 is 0 Å². The molecular formula is C25H26N2. The van der Waals surface area contributed by atoms with Crippen molar-refractivity contribution in [1.29, 1.82) is 0 Å². The molecule has 1 unspecified atom stereocenters. The Balaban J connectivity index is 1.22. The fourth-order valence-corrected chi connectivity index (χ4v) is 4.63. The molecular weight excluding hydrogens is 328 g/mol. The van der Waals surface area contributed by atoms with E-state index in [-0.39, 0.29) is 0 Å². The Morgan fingerprint density at radius 2 is 1.63 bits per heavy atom. The lowest BCUT2D eigenvalue weighted by Crippen LogP contribution is -2.24. The van der Waals surface area contributed by atoms with E-state index in [2.05, 4.69) is 88.5 Å². The normalized spacial score (nSPS) is 17.9. The van der Waals surface area contributed by atoms with Crippen molar-refractivity contribution >= 4 is 21.7 Å². The molecule has 0 radical (unpaired) electrons.